The first kappa shape index (κ1) is 23.0. The van der Waals surface area contributed by atoms with Gasteiger partial charge in [0, 0.05) is 28.0 Å². The van der Waals surface area contributed by atoms with E-state index >= 15 is 0 Å². The molecule has 0 fully saturated rings. The van der Waals surface area contributed by atoms with Crippen molar-refractivity contribution in [2.45, 2.75) is 4.90 Å². The topological polar surface area (TPSA) is 76.7 Å². The van der Waals surface area contributed by atoms with Gasteiger partial charge in [-0.25, -0.2) is 0 Å². The van der Waals surface area contributed by atoms with Gasteiger partial charge in [0.25, 0.3) is 11.8 Å². The monoisotopic (exact) mass is 448 g/mol. The van der Waals surface area contributed by atoms with Crippen molar-refractivity contribution < 1.29 is 19.1 Å². The Balaban J connectivity index is 1.54. The summed E-state index contributed by atoms with van der Waals surface area (Å²) in [5.74, 6) is 1.38. The van der Waals surface area contributed by atoms with Gasteiger partial charge in [-0.3, -0.25) is 9.59 Å². The molecule has 0 unspecified atom stereocenters. The Labute approximate surface area is 191 Å². The highest BCUT2D eigenvalue weighted by Gasteiger charge is 2.10. The van der Waals surface area contributed by atoms with Crippen molar-refractivity contribution in [3.63, 3.8) is 0 Å². The van der Waals surface area contributed by atoms with Crippen LogP contribution in [0.4, 0.5) is 11.4 Å². The second-order valence-corrected chi connectivity index (χ2v) is 7.70. The predicted molar refractivity (Wildman–Crippen MR) is 129 cm³/mol. The summed E-state index contributed by atoms with van der Waals surface area (Å²) in [5.41, 5.74) is 1.86. The predicted octanol–water partition coefficient (Wildman–Crippen LogP) is 5.24. The second kappa shape index (κ2) is 11.6. The number of hydrogen-bond donors (Lipinski definition) is 2. The van der Waals surface area contributed by atoms with Crippen LogP contribution in [0.15, 0.2) is 90.3 Å². The zero-order valence-corrected chi connectivity index (χ0v) is 18.5. The zero-order valence-electron chi connectivity index (χ0n) is 17.7. The molecule has 0 aromatic heterocycles. The number of carbonyl (C=O) groups excluding carboxylic acids is 2. The number of benzene rings is 3. The number of methoxy groups -OCH3 is 1. The SMILES string of the molecule is C=CCSc1ccccc1NC(=O)c1ccc(OCC(=O)Nc2cccc(OC)c2)cc1. The molecule has 3 aromatic rings. The Morgan fingerprint density at radius 1 is 0.969 bits per heavy atom. The van der Waals surface area contributed by atoms with Crippen LogP contribution >= 0.6 is 11.8 Å². The van der Waals surface area contributed by atoms with Gasteiger partial charge in [-0.15, -0.1) is 18.3 Å². The number of anilines is 2. The van der Waals surface area contributed by atoms with Gasteiger partial charge in [-0.05, 0) is 48.5 Å². The smallest absolute Gasteiger partial charge is 0.262 e. The molecule has 3 rings (SSSR count). The van der Waals surface area contributed by atoms with Crippen LogP contribution in [0.5, 0.6) is 11.5 Å². The number of thioether (sulfide) groups is 1. The van der Waals surface area contributed by atoms with Crippen molar-refractivity contribution in [3.8, 4) is 11.5 Å². The first-order chi connectivity index (χ1) is 15.6. The van der Waals surface area contributed by atoms with Gasteiger partial charge in [0.2, 0.25) is 0 Å². The molecular weight excluding hydrogens is 424 g/mol. The molecule has 0 atom stereocenters. The Bertz CT molecular complexity index is 1080. The van der Waals surface area contributed by atoms with Crippen LogP contribution in [-0.4, -0.2) is 31.3 Å². The summed E-state index contributed by atoms with van der Waals surface area (Å²) in [4.78, 5) is 25.7. The molecule has 7 heteroatoms. The highest BCUT2D eigenvalue weighted by atomic mass is 32.2. The number of rotatable bonds is 10. The molecule has 0 bridgehead atoms. The molecule has 6 nitrogen and oxygen atoms in total. The molecule has 3 aromatic carbocycles. The first-order valence-electron chi connectivity index (χ1n) is 9.90. The van der Waals surface area contributed by atoms with Crippen LogP contribution in [0.1, 0.15) is 10.4 Å². The van der Waals surface area contributed by atoms with E-state index in [2.05, 4.69) is 17.2 Å². The molecule has 0 heterocycles. The maximum atomic E-state index is 12.6. The summed E-state index contributed by atoms with van der Waals surface area (Å²) in [7, 11) is 1.56. The van der Waals surface area contributed by atoms with E-state index in [9.17, 15) is 9.59 Å². The quantitative estimate of drug-likeness (QED) is 0.328. The van der Waals surface area contributed by atoms with Gasteiger partial charge in [0.05, 0.1) is 12.8 Å². The lowest BCUT2D eigenvalue weighted by Gasteiger charge is -2.11. The minimum absolute atomic E-state index is 0.156. The van der Waals surface area contributed by atoms with Crippen LogP contribution in [-0.2, 0) is 4.79 Å². The number of ether oxygens (including phenoxy) is 2. The van der Waals surface area contributed by atoms with Crippen molar-refractivity contribution in [1.29, 1.82) is 0 Å². The van der Waals surface area contributed by atoms with Crippen LogP contribution in [0.2, 0.25) is 0 Å². The van der Waals surface area contributed by atoms with E-state index < -0.39 is 0 Å². The van der Waals surface area contributed by atoms with E-state index in [1.807, 2.05) is 30.3 Å². The fourth-order valence-corrected chi connectivity index (χ4v) is 3.54. The Kier molecular flexibility index (Phi) is 8.34. The third-order valence-electron chi connectivity index (χ3n) is 4.33. The minimum atomic E-state index is -0.297. The number of nitrogens with one attached hydrogen (secondary N) is 2. The molecule has 0 spiro atoms. The molecule has 0 aliphatic heterocycles. The van der Waals surface area contributed by atoms with Gasteiger partial charge in [0.1, 0.15) is 11.5 Å². The van der Waals surface area contributed by atoms with Gasteiger partial charge in [0.15, 0.2) is 6.61 Å². The number of carbonyl (C=O) groups is 2. The van der Waals surface area contributed by atoms with Crippen molar-refractivity contribution in [2.75, 3.05) is 30.1 Å². The van der Waals surface area contributed by atoms with Crippen molar-refractivity contribution in [2.24, 2.45) is 0 Å². The third-order valence-corrected chi connectivity index (χ3v) is 5.40. The minimum Gasteiger partial charge on any atom is -0.497 e. The summed E-state index contributed by atoms with van der Waals surface area (Å²) in [6.45, 7) is 3.57. The maximum absolute atomic E-state index is 12.6. The molecule has 32 heavy (non-hydrogen) atoms. The normalized spacial score (nSPS) is 10.2. The van der Waals surface area contributed by atoms with Crippen molar-refractivity contribution in [1.82, 2.24) is 0 Å². The molecule has 164 valence electrons. The zero-order chi connectivity index (χ0) is 22.8. The van der Waals surface area contributed by atoms with Gasteiger partial charge in [-0.1, -0.05) is 24.3 Å². The van der Waals surface area contributed by atoms with Crippen LogP contribution in [0, 0.1) is 0 Å². The fraction of sp³-hybridized carbons (Fsp3) is 0.120. The largest absolute Gasteiger partial charge is 0.497 e. The molecule has 0 aliphatic rings. The average molecular weight is 449 g/mol. The summed E-state index contributed by atoms with van der Waals surface area (Å²) >= 11 is 1.60. The molecule has 2 amide bonds. The maximum Gasteiger partial charge on any atom is 0.262 e. The lowest BCUT2D eigenvalue weighted by atomic mass is 10.2. The molecule has 0 aliphatic carbocycles. The van der Waals surface area contributed by atoms with E-state index in [0.717, 1.165) is 16.3 Å². The van der Waals surface area contributed by atoms with E-state index in [1.165, 1.54) is 0 Å². The Hall–Kier alpha value is -3.71. The van der Waals surface area contributed by atoms with Crippen molar-refractivity contribution in [3.05, 3.63) is 91.0 Å². The summed E-state index contributed by atoms with van der Waals surface area (Å²) in [6, 6.07) is 21.3. The van der Waals surface area contributed by atoms with Gasteiger partial charge < -0.3 is 20.1 Å². The lowest BCUT2D eigenvalue weighted by molar-refractivity contribution is -0.118. The standard InChI is InChI=1S/C25H24N2O4S/c1-3-15-32-23-10-5-4-9-22(23)27-25(29)18-11-13-20(14-12-18)31-17-24(28)26-19-7-6-8-21(16-19)30-2/h3-14,16H,1,15,17H2,2H3,(H,26,28)(H,27,29). The summed E-state index contributed by atoms with van der Waals surface area (Å²) < 4.78 is 10.7. The van der Waals surface area contributed by atoms with Gasteiger partial charge in [-0.2, -0.15) is 0 Å². The number of para-hydroxylation sites is 1. The van der Waals surface area contributed by atoms with Crippen molar-refractivity contribution >= 4 is 35.0 Å². The average Bonchev–Trinajstić information content (AvgIpc) is 2.82. The fourth-order valence-electron chi connectivity index (χ4n) is 2.79. The van der Waals surface area contributed by atoms with Crippen LogP contribution in [0.3, 0.4) is 0 Å². The highest BCUT2D eigenvalue weighted by Crippen LogP contribution is 2.27. The highest BCUT2D eigenvalue weighted by molar-refractivity contribution is 7.99. The van der Waals surface area contributed by atoms with Gasteiger partial charge >= 0.3 is 0 Å². The second-order valence-electron chi connectivity index (χ2n) is 6.64. The molecule has 2 N–H and O–H groups in total. The molecule has 0 radical (unpaired) electrons. The molecule has 0 saturated heterocycles. The first-order valence-corrected chi connectivity index (χ1v) is 10.9. The Morgan fingerprint density at radius 2 is 1.75 bits per heavy atom. The molecular formula is C25H24N2O4S. The Morgan fingerprint density at radius 3 is 2.50 bits per heavy atom. The summed E-state index contributed by atoms with van der Waals surface area (Å²) in [6.07, 6.45) is 1.82. The van der Waals surface area contributed by atoms with Crippen LogP contribution < -0.4 is 20.1 Å². The lowest BCUT2D eigenvalue weighted by Crippen LogP contribution is -2.20. The third kappa shape index (κ3) is 6.65. The summed E-state index contributed by atoms with van der Waals surface area (Å²) in [5, 5.41) is 5.68. The van der Waals surface area contributed by atoms with E-state index in [0.29, 0.717) is 22.7 Å². The van der Waals surface area contributed by atoms with Crippen LogP contribution in [0.25, 0.3) is 0 Å². The van der Waals surface area contributed by atoms with E-state index in [4.69, 9.17) is 9.47 Å². The number of hydrogen-bond acceptors (Lipinski definition) is 5. The van der Waals surface area contributed by atoms with E-state index in [1.54, 1.807) is 67.4 Å². The number of amides is 2. The molecule has 0 saturated carbocycles. The van der Waals surface area contributed by atoms with E-state index in [-0.39, 0.29) is 18.4 Å².